The van der Waals surface area contributed by atoms with Crippen molar-refractivity contribution in [2.75, 3.05) is 29.0 Å². The fourth-order valence-electron chi connectivity index (χ4n) is 4.97. The highest BCUT2D eigenvalue weighted by molar-refractivity contribution is 5.91. The van der Waals surface area contributed by atoms with Crippen molar-refractivity contribution in [3.63, 3.8) is 0 Å². The summed E-state index contributed by atoms with van der Waals surface area (Å²) in [7, 11) is 0. The van der Waals surface area contributed by atoms with E-state index in [9.17, 15) is 5.26 Å². The summed E-state index contributed by atoms with van der Waals surface area (Å²) in [5.41, 5.74) is 8.59. The van der Waals surface area contributed by atoms with Crippen molar-refractivity contribution < 1.29 is 0 Å². The number of fused-ring (bicyclic) bond motifs is 1. The van der Waals surface area contributed by atoms with Gasteiger partial charge in [0.1, 0.15) is 5.82 Å². The van der Waals surface area contributed by atoms with Crippen molar-refractivity contribution in [3.05, 3.63) is 48.0 Å². The van der Waals surface area contributed by atoms with Crippen LogP contribution in [0.25, 0.3) is 10.9 Å². The number of nitrogens with two attached hydrogens (primary N) is 1. The molecule has 1 aliphatic carbocycles. The third-order valence-electron chi connectivity index (χ3n) is 6.49. The second kappa shape index (κ2) is 9.01. The van der Waals surface area contributed by atoms with E-state index in [2.05, 4.69) is 27.7 Å². The summed E-state index contributed by atoms with van der Waals surface area (Å²) in [6.07, 6.45) is 7.78. The lowest BCUT2D eigenvalue weighted by Gasteiger charge is -2.27. The van der Waals surface area contributed by atoms with Crippen LogP contribution in [0.2, 0.25) is 0 Å². The maximum Gasteiger partial charge on any atom is 0.229 e. The number of aromatic nitrogens is 2. The van der Waals surface area contributed by atoms with Gasteiger partial charge in [0, 0.05) is 41.9 Å². The Morgan fingerprint density at radius 3 is 2.69 bits per heavy atom. The van der Waals surface area contributed by atoms with Gasteiger partial charge in [-0.25, -0.2) is 4.98 Å². The quantitative estimate of drug-likeness (QED) is 0.521. The molecule has 1 aliphatic heterocycles. The zero-order chi connectivity index (χ0) is 21.9. The van der Waals surface area contributed by atoms with Crippen LogP contribution in [-0.4, -0.2) is 35.1 Å². The van der Waals surface area contributed by atoms with Gasteiger partial charge in [-0.05, 0) is 49.6 Å². The summed E-state index contributed by atoms with van der Waals surface area (Å²) < 4.78 is 0. The van der Waals surface area contributed by atoms with Gasteiger partial charge in [0.05, 0.1) is 17.1 Å². The molecule has 1 atom stereocenters. The Morgan fingerprint density at radius 1 is 1.00 bits per heavy atom. The molecule has 0 radical (unpaired) electrons. The highest BCUT2D eigenvalue weighted by Gasteiger charge is 2.27. The molecule has 5 rings (SSSR count). The first kappa shape index (κ1) is 20.5. The zero-order valence-corrected chi connectivity index (χ0v) is 18.2. The number of nitrogens with zero attached hydrogens (tertiary/aromatic N) is 4. The van der Waals surface area contributed by atoms with Gasteiger partial charge >= 0.3 is 0 Å². The van der Waals surface area contributed by atoms with Gasteiger partial charge in [0.2, 0.25) is 5.95 Å². The van der Waals surface area contributed by atoms with E-state index in [0.29, 0.717) is 35.0 Å². The Balaban J connectivity index is 1.40. The summed E-state index contributed by atoms with van der Waals surface area (Å²) in [6.45, 7) is 1.93. The molecule has 0 amide bonds. The van der Waals surface area contributed by atoms with Crippen molar-refractivity contribution in [1.29, 1.82) is 5.26 Å². The molecular formula is C25H29N7. The molecule has 2 aromatic carbocycles. The van der Waals surface area contributed by atoms with Gasteiger partial charge in [-0.15, -0.1) is 0 Å². The third-order valence-corrected chi connectivity index (χ3v) is 6.49. The molecule has 0 spiro atoms. The molecule has 3 aromatic rings. The largest absolute Gasteiger partial charge is 0.399 e. The number of hydrogen-bond acceptors (Lipinski definition) is 7. The molecular weight excluding hydrogens is 398 g/mol. The normalized spacial score (nSPS) is 19.2. The molecule has 1 saturated carbocycles. The van der Waals surface area contributed by atoms with Crippen LogP contribution < -0.4 is 21.3 Å². The van der Waals surface area contributed by atoms with Crippen molar-refractivity contribution >= 4 is 34.0 Å². The molecule has 1 unspecified atom stereocenters. The van der Waals surface area contributed by atoms with E-state index in [4.69, 9.17) is 15.7 Å². The smallest absolute Gasteiger partial charge is 0.229 e. The predicted octanol–water partition coefficient (Wildman–Crippen LogP) is 4.33. The maximum absolute atomic E-state index is 9.25. The summed E-state index contributed by atoms with van der Waals surface area (Å²) in [5, 5.41) is 17.5. The molecule has 1 aromatic heterocycles. The summed E-state index contributed by atoms with van der Waals surface area (Å²) >= 11 is 0. The van der Waals surface area contributed by atoms with E-state index in [0.717, 1.165) is 36.2 Å². The van der Waals surface area contributed by atoms with E-state index in [-0.39, 0.29) is 0 Å². The van der Waals surface area contributed by atoms with E-state index in [1.165, 1.54) is 32.1 Å². The molecule has 2 aliphatic rings. The maximum atomic E-state index is 9.25. The first-order valence-corrected chi connectivity index (χ1v) is 11.5. The number of nitriles is 1. The number of hydrogen-bond donors (Lipinski definition) is 3. The SMILES string of the molecule is N#Cc1cc(N)cc(Nc2nc(N3CCC(NC4CCCCC4)C3)c3ccccc3n2)c1. The van der Waals surface area contributed by atoms with Crippen LogP contribution in [0, 0.1) is 11.3 Å². The summed E-state index contributed by atoms with van der Waals surface area (Å²) in [4.78, 5) is 12.0. The second-order valence-corrected chi connectivity index (χ2v) is 8.90. The van der Waals surface area contributed by atoms with Crippen molar-refractivity contribution in [2.24, 2.45) is 0 Å². The molecule has 4 N–H and O–H groups in total. The lowest BCUT2D eigenvalue weighted by atomic mass is 9.95. The number of rotatable bonds is 5. The molecule has 7 heteroatoms. The average Bonchev–Trinajstić information content (AvgIpc) is 3.27. The first-order chi connectivity index (χ1) is 15.7. The summed E-state index contributed by atoms with van der Waals surface area (Å²) in [6, 6.07) is 16.6. The fraction of sp³-hybridized carbons (Fsp3) is 0.400. The molecule has 2 heterocycles. The molecule has 32 heavy (non-hydrogen) atoms. The van der Waals surface area contributed by atoms with Gasteiger partial charge in [-0.1, -0.05) is 31.4 Å². The minimum absolute atomic E-state index is 0.496. The van der Waals surface area contributed by atoms with Gasteiger partial charge in [-0.3, -0.25) is 0 Å². The summed E-state index contributed by atoms with van der Waals surface area (Å²) in [5.74, 6) is 1.47. The van der Waals surface area contributed by atoms with Crippen molar-refractivity contribution in [1.82, 2.24) is 15.3 Å². The number of anilines is 4. The van der Waals surface area contributed by atoms with Crippen LogP contribution in [0.4, 0.5) is 23.1 Å². The molecule has 0 bridgehead atoms. The van der Waals surface area contributed by atoms with Crippen molar-refractivity contribution in [2.45, 2.75) is 50.6 Å². The number of para-hydroxylation sites is 1. The predicted molar refractivity (Wildman–Crippen MR) is 129 cm³/mol. The lowest BCUT2D eigenvalue weighted by Crippen LogP contribution is -2.41. The van der Waals surface area contributed by atoms with Crippen molar-refractivity contribution in [3.8, 4) is 6.07 Å². The van der Waals surface area contributed by atoms with Gasteiger partial charge in [0.25, 0.3) is 0 Å². The average molecular weight is 428 g/mol. The Kier molecular flexibility index (Phi) is 5.78. The molecule has 7 nitrogen and oxygen atoms in total. The van der Waals surface area contributed by atoms with E-state index in [1.54, 1.807) is 18.2 Å². The van der Waals surface area contributed by atoms with Gasteiger partial charge in [0.15, 0.2) is 0 Å². The molecule has 1 saturated heterocycles. The second-order valence-electron chi connectivity index (χ2n) is 8.90. The van der Waals surface area contributed by atoms with Crippen LogP contribution in [0.3, 0.4) is 0 Å². The van der Waals surface area contributed by atoms with E-state index >= 15 is 0 Å². The Labute approximate surface area is 188 Å². The van der Waals surface area contributed by atoms with Crippen LogP contribution >= 0.6 is 0 Å². The zero-order valence-electron chi connectivity index (χ0n) is 18.2. The monoisotopic (exact) mass is 427 g/mol. The standard InChI is InChI=1S/C25H29N7/c26-15-17-12-18(27)14-21(13-17)29-25-30-23-9-5-4-8-22(23)24(31-25)32-11-10-20(16-32)28-19-6-2-1-3-7-19/h4-5,8-9,12-14,19-20,28H,1-3,6-7,10-11,16,27H2,(H,29,30,31). The first-order valence-electron chi connectivity index (χ1n) is 11.5. The Morgan fingerprint density at radius 2 is 1.84 bits per heavy atom. The number of nitrogens with one attached hydrogen (secondary N) is 2. The topological polar surface area (TPSA) is 103 Å². The highest BCUT2D eigenvalue weighted by atomic mass is 15.3. The minimum Gasteiger partial charge on any atom is -0.399 e. The molecule has 2 fully saturated rings. The van der Waals surface area contributed by atoms with Gasteiger partial charge in [-0.2, -0.15) is 10.2 Å². The number of nitrogen functional groups attached to an aromatic ring is 1. The Bertz CT molecular complexity index is 1150. The van der Waals surface area contributed by atoms with Crippen LogP contribution in [0.5, 0.6) is 0 Å². The minimum atomic E-state index is 0.496. The third kappa shape index (κ3) is 4.46. The molecule has 164 valence electrons. The van der Waals surface area contributed by atoms with Gasteiger partial charge < -0.3 is 21.3 Å². The lowest BCUT2D eigenvalue weighted by molar-refractivity contribution is 0.344. The highest BCUT2D eigenvalue weighted by Crippen LogP contribution is 2.30. The Hall–Kier alpha value is -3.37. The number of benzene rings is 2. The fourth-order valence-corrected chi connectivity index (χ4v) is 4.97. The van der Waals surface area contributed by atoms with E-state index in [1.807, 2.05) is 18.2 Å². The van der Waals surface area contributed by atoms with Crippen LogP contribution in [-0.2, 0) is 0 Å². The van der Waals surface area contributed by atoms with E-state index < -0.39 is 0 Å². The van der Waals surface area contributed by atoms with Crippen LogP contribution in [0.15, 0.2) is 42.5 Å². The van der Waals surface area contributed by atoms with Crippen LogP contribution in [0.1, 0.15) is 44.1 Å².